The number of rotatable bonds is 6. The van der Waals surface area contributed by atoms with Gasteiger partial charge in [-0.05, 0) is 37.6 Å². The number of hydrogen-bond acceptors (Lipinski definition) is 3. The lowest BCUT2D eigenvalue weighted by molar-refractivity contribution is 0.0696. The summed E-state index contributed by atoms with van der Waals surface area (Å²) in [5.41, 5.74) is 1.08. The van der Waals surface area contributed by atoms with Gasteiger partial charge in [-0.15, -0.1) is 0 Å². The number of benzene rings is 1. The number of aryl methyl sites for hydroxylation is 1. The molecule has 5 heteroatoms. The van der Waals surface area contributed by atoms with Crippen molar-refractivity contribution in [1.29, 1.82) is 0 Å². The van der Waals surface area contributed by atoms with Crippen LogP contribution < -0.4 is 10.3 Å². The van der Waals surface area contributed by atoms with Gasteiger partial charge in [-0.25, -0.2) is 4.79 Å². The number of carbonyl (C=O) groups is 1. The maximum absolute atomic E-state index is 11.7. The van der Waals surface area contributed by atoms with Crippen molar-refractivity contribution in [3.8, 4) is 5.75 Å². The molecule has 0 atom stereocenters. The SMILES string of the molecule is Cc1cccc(=O)n1CCCOc1cccc(C(=O)O)c1. The van der Waals surface area contributed by atoms with Gasteiger partial charge < -0.3 is 14.4 Å². The van der Waals surface area contributed by atoms with E-state index in [1.807, 2.05) is 13.0 Å². The molecule has 110 valence electrons. The van der Waals surface area contributed by atoms with E-state index in [0.717, 1.165) is 5.69 Å². The number of nitrogens with zero attached hydrogens (tertiary/aromatic N) is 1. The zero-order valence-corrected chi connectivity index (χ0v) is 11.8. The van der Waals surface area contributed by atoms with Crippen molar-refractivity contribution in [3.63, 3.8) is 0 Å². The van der Waals surface area contributed by atoms with Crippen LogP contribution in [0, 0.1) is 6.92 Å². The minimum atomic E-state index is -0.980. The molecule has 1 heterocycles. The summed E-state index contributed by atoms with van der Waals surface area (Å²) in [4.78, 5) is 22.5. The average molecular weight is 287 g/mol. The highest BCUT2D eigenvalue weighted by Gasteiger charge is 2.04. The molecule has 0 unspecified atom stereocenters. The van der Waals surface area contributed by atoms with Crippen LogP contribution in [-0.2, 0) is 6.54 Å². The second-order valence-electron chi connectivity index (χ2n) is 4.69. The van der Waals surface area contributed by atoms with Crippen LogP contribution in [0.4, 0.5) is 0 Å². The van der Waals surface area contributed by atoms with E-state index in [2.05, 4.69) is 0 Å². The van der Waals surface area contributed by atoms with Crippen molar-refractivity contribution in [2.24, 2.45) is 0 Å². The van der Waals surface area contributed by atoms with Crippen LogP contribution in [0.15, 0.2) is 47.3 Å². The van der Waals surface area contributed by atoms with Gasteiger partial charge in [0, 0.05) is 18.3 Å². The van der Waals surface area contributed by atoms with Crippen molar-refractivity contribution in [3.05, 3.63) is 64.1 Å². The summed E-state index contributed by atoms with van der Waals surface area (Å²) in [5.74, 6) is -0.459. The minimum absolute atomic E-state index is 0.0251. The smallest absolute Gasteiger partial charge is 0.335 e. The van der Waals surface area contributed by atoms with Crippen molar-refractivity contribution in [2.75, 3.05) is 6.61 Å². The maximum atomic E-state index is 11.7. The predicted molar refractivity (Wildman–Crippen MR) is 79.0 cm³/mol. The van der Waals surface area contributed by atoms with E-state index in [1.54, 1.807) is 22.8 Å². The van der Waals surface area contributed by atoms with Crippen molar-refractivity contribution in [2.45, 2.75) is 19.9 Å². The van der Waals surface area contributed by atoms with Gasteiger partial charge in [-0.3, -0.25) is 4.79 Å². The molecule has 0 saturated heterocycles. The van der Waals surface area contributed by atoms with E-state index >= 15 is 0 Å². The fourth-order valence-electron chi connectivity index (χ4n) is 2.04. The fraction of sp³-hybridized carbons (Fsp3) is 0.250. The summed E-state index contributed by atoms with van der Waals surface area (Å²) in [5, 5.41) is 8.90. The molecule has 0 bridgehead atoms. The van der Waals surface area contributed by atoms with E-state index < -0.39 is 5.97 Å². The molecule has 0 saturated carbocycles. The van der Waals surface area contributed by atoms with Gasteiger partial charge in [0.1, 0.15) is 5.75 Å². The van der Waals surface area contributed by atoms with Gasteiger partial charge in [0.15, 0.2) is 0 Å². The van der Waals surface area contributed by atoms with E-state index in [4.69, 9.17) is 9.84 Å². The lowest BCUT2D eigenvalue weighted by Crippen LogP contribution is -2.21. The Labute approximate surface area is 122 Å². The quantitative estimate of drug-likeness (QED) is 0.828. The Morgan fingerprint density at radius 2 is 2.00 bits per heavy atom. The number of hydrogen-bond donors (Lipinski definition) is 1. The highest BCUT2D eigenvalue weighted by atomic mass is 16.5. The zero-order chi connectivity index (χ0) is 15.2. The van der Waals surface area contributed by atoms with Crippen LogP contribution in [0.5, 0.6) is 5.75 Å². The first kappa shape index (κ1) is 14.8. The Balaban J connectivity index is 1.89. The minimum Gasteiger partial charge on any atom is -0.494 e. The molecule has 1 N–H and O–H groups in total. The number of carboxylic acid groups (broad SMARTS) is 1. The molecule has 1 aromatic carbocycles. The Hall–Kier alpha value is -2.56. The van der Waals surface area contributed by atoms with Crippen LogP contribution >= 0.6 is 0 Å². The zero-order valence-electron chi connectivity index (χ0n) is 11.8. The Bertz CT molecular complexity index is 691. The molecule has 0 radical (unpaired) electrons. The Kier molecular flexibility index (Phi) is 4.77. The summed E-state index contributed by atoms with van der Waals surface area (Å²) in [6.45, 7) is 2.88. The molecule has 0 aliphatic carbocycles. The number of pyridine rings is 1. The molecule has 21 heavy (non-hydrogen) atoms. The molecule has 0 amide bonds. The van der Waals surface area contributed by atoms with Gasteiger partial charge in [-0.1, -0.05) is 12.1 Å². The lowest BCUT2D eigenvalue weighted by atomic mass is 10.2. The largest absolute Gasteiger partial charge is 0.494 e. The molecular formula is C16H17NO4. The fourth-order valence-corrected chi connectivity index (χ4v) is 2.04. The predicted octanol–water partition coefficient (Wildman–Crippen LogP) is 2.32. The second kappa shape index (κ2) is 6.74. The summed E-state index contributed by atoms with van der Waals surface area (Å²) in [7, 11) is 0. The lowest BCUT2D eigenvalue weighted by Gasteiger charge is -2.10. The van der Waals surface area contributed by atoms with Gasteiger partial charge >= 0.3 is 5.97 Å². The standard InChI is InChI=1S/C16H17NO4/c1-12-5-2-8-15(18)17(12)9-4-10-21-14-7-3-6-13(11-14)16(19)20/h2-3,5-8,11H,4,9-10H2,1H3,(H,19,20). The van der Waals surface area contributed by atoms with E-state index in [0.29, 0.717) is 25.3 Å². The van der Waals surface area contributed by atoms with Crippen LogP contribution in [0.3, 0.4) is 0 Å². The van der Waals surface area contributed by atoms with Gasteiger partial charge in [-0.2, -0.15) is 0 Å². The molecule has 5 nitrogen and oxygen atoms in total. The third kappa shape index (κ3) is 3.95. The summed E-state index contributed by atoms with van der Waals surface area (Å²) < 4.78 is 7.21. The number of carboxylic acids is 1. The van der Waals surface area contributed by atoms with Crippen LogP contribution in [-0.4, -0.2) is 22.2 Å². The Morgan fingerprint density at radius 3 is 2.71 bits per heavy atom. The first-order valence-corrected chi connectivity index (χ1v) is 6.70. The van der Waals surface area contributed by atoms with Crippen LogP contribution in [0.25, 0.3) is 0 Å². The highest BCUT2D eigenvalue weighted by molar-refractivity contribution is 5.87. The molecule has 0 fully saturated rings. The van der Waals surface area contributed by atoms with E-state index in [-0.39, 0.29) is 11.1 Å². The van der Waals surface area contributed by atoms with Crippen molar-refractivity contribution >= 4 is 5.97 Å². The first-order valence-electron chi connectivity index (χ1n) is 6.70. The Morgan fingerprint density at radius 1 is 1.24 bits per heavy atom. The third-order valence-electron chi connectivity index (χ3n) is 3.14. The molecule has 1 aromatic heterocycles. The summed E-state index contributed by atoms with van der Waals surface area (Å²) in [6, 6.07) is 11.5. The highest BCUT2D eigenvalue weighted by Crippen LogP contribution is 2.13. The number of ether oxygens (including phenoxy) is 1. The molecule has 2 rings (SSSR count). The molecule has 0 aliphatic heterocycles. The van der Waals surface area contributed by atoms with Gasteiger partial charge in [0.25, 0.3) is 5.56 Å². The van der Waals surface area contributed by atoms with Gasteiger partial charge in [0.2, 0.25) is 0 Å². The maximum Gasteiger partial charge on any atom is 0.335 e. The average Bonchev–Trinajstić information content (AvgIpc) is 2.46. The first-order chi connectivity index (χ1) is 10.1. The van der Waals surface area contributed by atoms with Gasteiger partial charge in [0.05, 0.1) is 12.2 Å². The van der Waals surface area contributed by atoms with E-state index in [9.17, 15) is 9.59 Å². The third-order valence-corrected chi connectivity index (χ3v) is 3.14. The monoisotopic (exact) mass is 287 g/mol. The van der Waals surface area contributed by atoms with Crippen LogP contribution in [0.1, 0.15) is 22.5 Å². The van der Waals surface area contributed by atoms with Crippen LogP contribution in [0.2, 0.25) is 0 Å². The normalized spacial score (nSPS) is 10.3. The second-order valence-corrected chi connectivity index (χ2v) is 4.69. The number of aromatic nitrogens is 1. The molecular weight excluding hydrogens is 270 g/mol. The number of aromatic carboxylic acids is 1. The van der Waals surface area contributed by atoms with E-state index in [1.165, 1.54) is 18.2 Å². The summed E-state index contributed by atoms with van der Waals surface area (Å²) in [6.07, 6.45) is 0.669. The molecule has 2 aromatic rings. The molecule has 0 spiro atoms. The summed E-state index contributed by atoms with van der Waals surface area (Å²) >= 11 is 0. The topological polar surface area (TPSA) is 68.5 Å². The molecule has 0 aliphatic rings. The van der Waals surface area contributed by atoms with Crippen molar-refractivity contribution < 1.29 is 14.6 Å². The van der Waals surface area contributed by atoms with Crippen molar-refractivity contribution in [1.82, 2.24) is 4.57 Å².